The van der Waals surface area contributed by atoms with E-state index >= 15 is 0 Å². The molecule has 4 nitrogen and oxygen atoms in total. The SMILES string of the molecule is CC(=O)Nc1cccc(NC(=O)CSc2ccc3c(c2)CCC3)c1C. The third-order valence-corrected chi connectivity index (χ3v) is 5.35. The summed E-state index contributed by atoms with van der Waals surface area (Å²) < 4.78 is 0. The van der Waals surface area contributed by atoms with E-state index in [2.05, 4.69) is 28.8 Å². The van der Waals surface area contributed by atoms with Gasteiger partial charge in [-0.3, -0.25) is 9.59 Å². The molecule has 0 radical (unpaired) electrons. The molecule has 2 amide bonds. The molecule has 0 unspecified atom stereocenters. The third-order valence-electron chi connectivity index (χ3n) is 4.36. The minimum atomic E-state index is -0.126. The molecule has 0 fully saturated rings. The predicted octanol–water partition coefficient (Wildman–Crippen LogP) is 4.17. The number of fused-ring (bicyclic) bond motifs is 1. The Morgan fingerprint density at radius 2 is 1.76 bits per heavy atom. The fourth-order valence-electron chi connectivity index (χ4n) is 3.07. The molecule has 2 N–H and O–H groups in total. The summed E-state index contributed by atoms with van der Waals surface area (Å²) in [6.45, 7) is 3.35. The molecule has 0 atom stereocenters. The second kappa shape index (κ2) is 7.74. The predicted molar refractivity (Wildman–Crippen MR) is 103 cm³/mol. The van der Waals surface area contributed by atoms with Crippen LogP contribution in [0.5, 0.6) is 0 Å². The quantitative estimate of drug-likeness (QED) is 0.792. The summed E-state index contributed by atoms with van der Waals surface area (Å²) in [4.78, 5) is 24.7. The number of amides is 2. The number of carbonyl (C=O) groups is 2. The molecule has 5 heteroatoms. The van der Waals surface area contributed by atoms with Crippen LogP contribution in [0.25, 0.3) is 0 Å². The average Bonchev–Trinajstić information content (AvgIpc) is 3.04. The first-order valence-electron chi connectivity index (χ1n) is 8.44. The standard InChI is InChI=1S/C20H22N2O2S/c1-13-18(21-14(2)23)7-4-8-19(13)22-20(24)12-25-17-10-9-15-5-3-6-16(15)11-17/h4,7-11H,3,5-6,12H2,1-2H3,(H,21,23)(H,22,24). The first kappa shape index (κ1) is 17.5. The fraction of sp³-hybridized carbons (Fsp3) is 0.300. The molecule has 0 bridgehead atoms. The van der Waals surface area contributed by atoms with Crippen molar-refractivity contribution in [3.8, 4) is 0 Å². The van der Waals surface area contributed by atoms with Gasteiger partial charge in [0.1, 0.15) is 0 Å². The average molecular weight is 354 g/mol. The van der Waals surface area contributed by atoms with Gasteiger partial charge in [-0.25, -0.2) is 0 Å². The van der Waals surface area contributed by atoms with Crippen LogP contribution >= 0.6 is 11.8 Å². The molecule has 3 rings (SSSR count). The zero-order valence-electron chi connectivity index (χ0n) is 14.5. The van der Waals surface area contributed by atoms with Crippen molar-refractivity contribution < 1.29 is 9.59 Å². The Morgan fingerprint density at radius 1 is 1.04 bits per heavy atom. The molecule has 1 aliphatic carbocycles. The minimum absolute atomic E-state index is 0.0476. The van der Waals surface area contributed by atoms with Crippen molar-refractivity contribution in [1.82, 2.24) is 0 Å². The molecule has 0 spiro atoms. The van der Waals surface area contributed by atoms with Crippen molar-refractivity contribution in [2.75, 3.05) is 16.4 Å². The van der Waals surface area contributed by atoms with Gasteiger partial charge in [0, 0.05) is 23.2 Å². The zero-order chi connectivity index (χ0) is 17.8. The normalized spacial score (nSPS) is 12.6. The lowest BCUT2D eigenvalue weighted by atomic mass is 10.1. The number of hydrogen-bond acceptors (Lipinski definition) is 3. The maximum atomic E-state index is 12.3. The number of carbonyl (C=O) groups excluding carboxylic acids is 2. The highest BCUT2D eigenvalue weighted by Gasteiger charge is 2.12. The number of rotatable bonds is 5. The van der Waals surface area contributed by atoms with E-state index in [4.69, 9.17) is 0 Å². The molecule has 0 aliphatic heterocycles. The lowest BCUT2D eigenvalue weighted by molar-refractivity contribution is -0.114. The third kappa shape index (κ3) is 4.42. The van der Waals surface area contributed by atoms with Crippen molar-refractivity contribution in [3.63, 3.8) is 0 Å². The van der Waals surface area contributed by atoms with E-state index in [1.165, 1.54) is 30.9 Å². The van der Waals surface area contributed by atoms with Crippen LogP contribution in [0.2, 0.25) is 0 Å². The molecular weight excluding hydrogens is 332 g/mol. The van der Waals surface area contributed by atoms with Crippen LogP contribution in [0, 0.1) is 6.92 Å². The Labute approximate surface area is 152 Å². The highest BCUT2D eigenvalue weighted by atomic mass is 32.2. The molecule has 25 heavy (non-hydrogen) atoms. The van der Waals surface area contributed by atoms with Crippen molar-refractivity contribution in [2.45, 2.75) is 38.0 Å². The highest BCUT2D eigenvalue weighted by molar-refractivity contribution is 8.00. The first-order valence-corrected chi connectivity index (χ1v) is 9.43. The van der Waals surface area contributed by atoms with Gasteiger partial charge >= 0.3 is 0 Å². The maximum Gasteiger partial charge on any atom is 0.234 e. The molecule has 2 aromatic rings. The van der Waals surface area contributed by atoms with Gasteiger partial charge in [0.15, 0.2) is 0 Å². The van der Waals surface area contributed by atoms with Crippen molar-refractivity contribution in [3.05, 3.63) is 53.1 Å². The highest BCUT2D eigenvalue weighted by Crippen LogP contribution is 2.28. The van der Waals surface area contributed by atoms with Crippen LogP contribution in [0.1, 0.15) is 30.0 Å². The number of benzene rings is 2. The molecular formula is C20H22N2O2S. The Kier molecular flexibility index (Phi) is 5.43. The van der Waals surface area contributed by atoms with E-state index in [0.717, 1.165) is 28.3 Å². The van der Waals surface area contributed by atoms with Crippen LogP contribution in [-0.2, 0) is 22.4 Å². The van der Waals surface area contributed by atoms with Crippen LogP contribution in [0.15, 0.2) is 41.3 Å². The largest absolute Gasteiger partial charge is 0.326 e. The Balaban J connectivity index is 1.60. The second-order valence-electron chi connectivity index (χ2n) is 6.28. The van der Waals surface area contributed by atoms with Crippen LogP contribution in [0.3, 0.4) is 0 Å². The van der Waals surface area contributed by atoms with E-state index in [9.17, 15) is 9.59 Å². The first-order chi connectivity index (χ1) is 12.0. The zero-order valence-corrected chi connectivity index (χ0v) is 15.3. The van der Waals surface area contributed by atoms with E-state index in [-0.39, 0.29) is 11.8 Å². The summed E-state index contributed by atoms with van der Waals surface area (Å²) in [5.74, 6) is 0.190. The number of hydrogen-bond donors (Lipinski definition) is 2. The van der Waals surface area contributed by atoms with E-state index in [0.29, 0.717) is 5.75 Å². The van der Waals surface area contributed by atoms with E-state index < -0.39 is 0 Å². The summed E-state index contributed by atoms with van der Waals surface area (Å²) >= 11 is 1.55. The second-order valence-corrected chi connectivity index (χ2v) is 7.33. The summed E-state index contributed by atoms with van der Waals surface area (Å²) in [6.07, 6.45) is 3.55. The summed E-state index contributed by atoms with van der Waals surface area (Å²) in [6, 6.07) is 12.0. The summed E-state index contributed by atoms with van der Waals surface area (Å²) in [7, 11) is 0. The Hall–Kier alpha value is -2.27. The molecule has 1 aliphatic rings. The van der Waals surface area contributed by atoms with Crippen molar-refractivity contribution in [1.29, 1.82) is 0 Å². The molecule has 0 heterocycles. The molecule has 0 aromatic heterocycles. The number of thioether (sulfide) groups is 1. The van der Waals surface area contributed by atoms with E-state index in [1.807, 2.05) is 25.1 Å². The smallest absolute Gasteiger partial charge is 0.234 e. The summed E-state index contributed by atoms with van der Waals surface area (Å²) in [5, 5.41) is 5.71. The van der Waals surface area contributed by atoms with Gasteiger partial charge in [0.05, 0.1) is 5.75 Å². The minimum Gasteiger partial charge on any atom is -0.326 e. The van der Waals surface area contributed by atoms with Crippen LogP contribution < -0.4 is 10.6 Å². The van der Waals surface area contributed by atoms with Crippen molar-refractivity contribution in [2.24, 2.45) is 0 Å². The lowest BCUT2D eigenvalue weighted by Gasteiger charge is -2.12. The topological polar surface area (TPSA) is 58.2 Å². The number of anilines is 2. The number of aryl methyl sites for hydroxylation is 2. The molecule has 2 aromatic carbocycles. The van der Waals surface area contributed by atoms with Gasteiger partial charge in [0.2, 0.25) is 11.8 Å². The van der Waals surface area contributed by atoms with Gasteiger partial charge in [-0.15, -0.1) is 11.8 Å². The molecule has 0 saturated heterocycles. The molecule has 0 saturated carbocycles. The maximum absolute atomic E-state index is 12.3. The van der Waals surface area contributed by atoms with Gasteiger partial charge in [-0.2, -0.15) is 0 Å². The Morgan fingerprint density at radius 3 is 2.52 bits per heavy atom. The lowest BCUT2D eigenvalue weighted by Crippen LogP contribution is -2.16. The number of nitrogens with one attached hydrogen (secondary N) is 2. The van der Waals surface area contributed by atoms with Crippen LogP contribution in [-0.4, -0.2) is 17.6 Å². The Bertz CT molecular complexity index is 817. The van der Waals surface area contributed by atoms with Gasteiger partial charge in [0.25, 0.3) is 0 Å². The van der Waals surface area contributed by atoms with E-state index in [1.54, 1.807) is 11.8 Å². The molecule has 130 valence electrons. The summed E-state index contributed by atoms with van der Waals surface area (Å²) in [5.41, 5.74) is 5.17. The van der Waals surface area contributed by atoms with Crippen molar-refractivity contribution >= 4 is 35.0 Å². The monoisotopic (exact) mass is 354 g/mol. The van der Waals surface area contributed by atoms with Gasteiger partial charge in [-0.05, 0) is 67.1 Å². The van der Waals surface area contributed by atoms with Gasteiger partial charge < -0.3 is 10.6 Å². The fourth-order valence-corrected chi connectivity index (χ4v) is 3.83. The van der Waals surface area contributed by atoms with Crippen LogP contribution in [0.4, 0.5) is 11.4 Å². The van der Waals surface area contributed by atoms with Gasteiger partial charge in [-0.1, -0.05) is 12.1 Å².